The summed E-state index contributed by atoms with van der Waals surface area (Å²) in [4.78, 5) is 4.32. The largest absolute Gasteiger partial charge is 0.360 e. The SMILES string of the molecule is CCc1nsc(NCC2CC2)n1. The standard InChI is InChI=1S/C8H13N3S/c1-2-7-10-8(12-11-7)9-5-6-3-4-6/h6H,2-5H2,1H3,(H,9,10,11). The van der Waals surface area contributed by atoms with Crippen molar-refractivity contribution in [1.82, 2.24) is 9.36 Å². The predicted octanol–water partition coefficient (Wildman–Crippen LogP) is 1.92. The zero-order chi connectivity index (χ0) is 8.39. The molecule has 1 heterocycles. The summed E-state index contributed by atoms with van der Waals surface area (Å²) in [6, 6.07) is 0. The molecule has 1 aliphatic rings. The van der Waals surface area contributed by atoms with Gasteiger partial charge in [0.1, 0.15) is 5.82 Å². The molecular formula is C8H13N3S. The van der Waals surface area contributed by atoms with Crippen LogP contribution in [0.4, 0.5) is 5.13 Å². The Morgan fingerprint density at radius 3 is 3.00 bits per heavy atom. The summed E-state index contributed by atoms with van der Waals surface area (Å²) in [5, 5.41) is 4.29. The molecule has 4 heteroatoms. The molecule has 1 fully saturated rings. The third-order valence-corrected chi connectivity index (χ3v) is 2.73. The van der Waals surface area contributed by atoms with Gasteiger partial charge in [-0.2, -0.15) is 4.37 Å². The fourth-order valence-corrected chi connectivity index (χ4v) is 1.68. The lowest BCUT2D eigenvalue weighted by molar-refractivity contribution is 0.883. The number of hydrogen-bond donors (Lipinski definition) is 1. The number of nitrogens with one attached hydrogen (secondary N) is 1. The fraction of sp³-hybridized carbons (Fsp3) is 0.750. The van der Waals surface area contributed by atoms with Crippen molar-refractivity contribution in [3.05, 3.63) is 5.82 Å². The lowest BCUT2D eigenvalue weighted by Crippen LogP contribution is -2.02. The van der Waals surface area contributed by atoms with Gasteiger partial charge in [-0.15, -0.1) is 0 Å². The molecule has 0 unspecified atom stereocenters. The Bertz CT molecular complexity index is 255. The summed E-state index contributed by atoms with van der Waals surface area (Å²) in [5.74, 6) is 1.86. The van der Waals surface area contributed by atoms with E-state index in [1.165, 1.54) is 24.4 Å². The highest BCUT2D eigenvalue weighted by Crippen LogP contribution is 2.29. The number of hydrogen-bond acceptors (Lipinski definition) is 4. The molecule has 0 spiro atoms. The van der Waals surface area contributed by atoms with Gasteiger partial charge in [0, 0.05) is 24.5 Å². The first kappa shape index (κ1) is 7.98. The van der Waals surface area contributed by atoms with Crippen LogP contribution in [0, 0.1) is 5.92 Å². The first-order valence-electron chi connectivity index (χ1n) is 4.45. The van der Waals surface area contributed by atoms with E-state index in [9.17, 15) is 0 Å². The van der Waals surface area contributed by atoms with E-state index in [1.54, 1.807) is 0 Å². The highest BCUT2D eigenvalue weighted by Gasteiger charge is 2.20. The van der Waals surface area contributed by atoms with Crippen molar-refractivity contribution < 1.29 is 0 Å². The van der Waals surface area contributed by atoms with E-state index in [1.807, 2.05) is 0 Å². The van der Waals surface area contributed by atoms with Crippen molar-refractivity contribution in [3.8, 4) is 0 Å². The van der Waals surface area contributed by atoms with Crippen LogP contribution in [0.15, 0.2) is 0 Å². The summed E-state index contributed by atoms with van der Waals surface area (Å²) in [5.41, 5.74) is 0. The van der Waals surface area contributed by atoms with Gasteiger partial charge >= 0.3 is 0 Å². The summed E-state index contributed by atoms with van der Waals surface area (Å²) in [6.07, 6.45) is 3.69. The fourth-order valence-electron chi connectivity index (χ4n) is 1.02. The van der Waals surface area contributed by atoms with Crippen LogP contribution in [-0.2, 0) is 6.42 Å². The van der Waals surface area contributed by atoms with E-state index < -0.39 is 0 Å². The minimum atomic E-state index is 0.902. The zero-order valence-corrected chi connectivity index (χ0v) is 8.02. The first-order chi connectivity index (χ1) is 5.88. The molecule has 0 saturated heterocycles. The maximum atomic E-state index is 4.32. The van der Waals surface area contributed by atoms with E-state index in [4.69, 9.17) is 0 Å². The van der Waals surface area contributed by atoms with Crippen LogP contribution in [0.1, 0.15) is 25.6 Å². The van der Waals surface area contributed by atoms with Crippen LogP contribution < -0.4 is 5.32 Å². The predicted molar refractivity (Wildman–Crippen MR) is 50.5 cm³/mol. The van der Waals surface area contributed by atoms with Gasteiger partial charge in [0.25, 0.3) is 0 Å². The number of nitrogens with zero attached hydrogens (tertiary/aromatic N) is 2. The normalized spacial score (nSPS) is 16.4. The topological polar surface area (TPSA) is 37.8 Å². The van der Waals surface area contributed by atoms with Crippen molar-refractivity contribution in [3.63, 3.8) is 0 Å². The molecule has 0 aromatic carbocycles. The molecule has 1 saturated carbocycles. The molecule has 0 radical (unpaired) electrons. The average Bonchev–Trinajstić information content (AvgIpc) is 2.81. The van der Waals surface area contributed by atoms with Crippen molar-refractivity contribution in [2.24, 2.45) is 5.92 Å². The molecule has 66 valence electrons. The van der Waals surface area contributed by atoms with E-state index >= 15 is 0 Å². The molecule has 0 aliphatic heterocycles. The smallest absolute Gasteiger partial charge is 0.202 e. The lowest BCUT2D eigenvalue weighted by Gasteiger charge is -1.96. The van der Waals surface area contributed by atoms with Gasteiger partial charge in [-0.3, -0.25) is 0 Å². The second kappa shape index (κ2) is 3.39. The summed E-state index contributed by atoms with van der Waals surface area (Å²) >= 11 is 1.47. The molecule has 1 aromatic heterocycles. The molecule has 0 atom stereocenters. The molecule has 3 nitrogen and oxygen atoms in total. The third-order valence-electron chi connectivity index (χ3n) is 2.02. The molecule has 1 N–H and O–H groups in total. The number of rotatable bonds is 4. The van der Waals surface area contributed by atoms with Crippen LogP contribution in [0.5, 0.6) is 0 Å². The third kappa shape index (κ3) is 1.94. The van der Waals surface area contributed by atoms with E-state index in [-0.39, 0.29) is 0 Å². The monoisotopic (exact) mass is 183 g/mol. The van der Waals surface area contributed by atoms with Crippen LogP contribution in [0.3, 0.4) is 0 Å². The van der Waals surface area contributed by atoms with Crippen LogP contribution >= 0.6 is 11.5 Å². The van der Waals surface area contributed by atoms with Crippen LogP contribution in [0.25, 0.3) is 0 Å². The summed E-state index contributed by atoms with van der Waals surface area (Å²) < 4.78 is 4.20. The molecule has 0 amide bonds. The van der Waals surface area contributed by atoms with E-state index in [0.717, 1.165) is 29.8 Å². The second-order valence-corrected chi connectivity index (χ2v) is 3.95. The van der Waals surface area contributed by atoms with Crippen LogP contribution in [0.2, 0.25) is 0 Å². The first-order valence-corrected chi connectivity index (χ1v) is 5.22. The molecule has 1 aliphatic carbocycles. The Morgan fingerprint density at radius 1 is 1.58 bits per heavy atom. The molecule has 2 rings (SSSR count). The van der Waals surface area contributed by atoms with Gasteiger partial charge in [0.15, 0.2) is 0 Å². The quantitative estimate of drug-likeness (QED) is 0.775. The molecule has 12 heavy (non-hydrogen) atoms. The Labute approximate surface area is 76.4 Å². The van der Waals surface area contributed by atoms with E-state index in [0.29, 0.717) is 0 Å². The molecule has 1 aromatic rings. The minimum absolute atomic E-state index is 0.902. The van der Waals surface area contributed by atoms with Crippen LogP contribution in [-0.4, -0.2) is 15.9 Å². The lowest BCUT2D eigenvalue weighted by atomic mass is 10.4. The highest BCUT2D eigenvalue weighted by atomic mass is 32.1. The van der Waals surface area contributed by atoms with Gasteiger partial charge in [-0.1, -0.05) is 6.92 Å². The Balaban J connectivity index is 1.84. The maximum Gasteiger partial charge on any atom is 0.202 e. The Morgan fingerprint density at radius 2 is 2.42 bits per heavy atom. The second-order valence-electron chi connectivity index (χ2n) is 3.19. The minimum Gasteiger partial charge on any atom is -0.360 e. The average molecular weight is 183 g/mol. The summed E-state index contributed by atoms with van der Waals surface area (Å²) in [7, 11) is 0. The van der Waals surface area contributed by atoms with Crippen molar-refractivity contribution >= 4 is 16.7 Å². The zero-order valence-electron chi connectivity index (χ0n) is 7.21. The van der Waals surface area contributed by atoms with Gasteiger partial charge in [-0.05, 0) is 18.8 Å². The number of anilines is 1. The molecular weight excluding hydrogens is 170 g/mol. The maximum absolute atomic E-state index is 4.32. The van der Waals surface area contributed by atoms with Gasteiger partial charge < -0.3 is 5.32 Å². The molecule has 0 bridgehead atoms. The van der Waals surface area contributed by atoms with Gasteiger partial charge in [0.2, 0.25) is 5.13 Å². The summed E-state index contributed by atoms with van der Waals surface area (Å²) in [6.45, 7) is 3.16. The Hall–Kier alpha value is -0.640. The number of aromatic nitrogens is 2. The van der Waals surface area contributed by atoms with Gasteiger partial charge in [0.05, 0.1) is 0 Å². The van der Waals surface area contributed by atoms with Crippen molar-refractivity contribution in [1.29, 1.82) is 0 Å². The van der Waals surface area contributed by atoms with Gasteiger partial charge in [-0.25, -0.2) is 4.98 Å². The van der Waals surface area contributed by atoms with Crippen molar-refractivity contribution in [2.75, 3.05) is 11.9 Å². The van der Waals surface area contributed by atoms with E-state index in [2.05, 4.69) is 21.6 Å². The van der Waals surface area contributed by atoms with Crippen molar-refractivity contribution in [2.45, 2.75) is 26.2 Å². The highest BCUT2D eigenvalue weighted by molar-refractivity contribution is 7.09. The number of aryl methyl sites for hydroxylation is 1. The Kier molecular flexibility index (Phi) is 2.26.